The summed E-state index contributed by atoms with van der Waals surface area (Å²) in [7, 11) is 0. The molecule has 2 rings (SSSR count). The Morgan fingerprint density at radius 1 is 1.41 bits per heavy atom. The highest BCUT2D eigenvalue weighted by atomic mass is 16.5. The van der Waals surface area contributed by atoms with Gasteiger partial charge < -0.3 is 10.1 Å². The fourth-order valence-corrected chi connectivity index (χ4v) is 1.88. The molecule has 1 aromatic rings. The van der Waals surface area contributed by atoms with E-state index in [2.05, 4.69) is 42.6 Å². The van der Waals surface area contributed by atoms with Crippen molar-refractivity contribution in [3.63, 3.8) is 0 Å². The van der Waals surface area contributed by atoms with Crippen LogP contribution in [-0.2, 0) is 11.3 Å². The summed E-state index contributed by atoms with van der Waals surface area (Å²) in [5, 5.41) is 11.8. The van der Waals surface area contributed by atoms with E-state index in [9.17, 15) is 0 Å². The maximum atomic E-state index is 5.35. The highest BCUT2D eigenvalue weighted by Gasteiger charge is 2.17. The Balaban J connectivity index is 1.91. The zero-order chi connectivity index (χ0) is 12.3. The van der Waals surface area contributed by atoms with Gasteiger partial charge in [0.1, 0.15) is 0 Å². The van der Waals surface area contributed by atoms with Crippen LogP contribution >= 0.6 is 0 Å². The Bertz CT molecular complexity index is 350. The summed E-state index contributed by atoms with van der Waals surface area (Å²) in [4.78, 5) is 0. The fourth-order valence-electron chi connectivity index (χ4n) is 1.88. The van der Waals surface area contributed by atoms with Crippen LogP contribution in [0.3, 0.4) is 0 Å². The maximum Gasteiger partial charge on any atom is 0.0965 e. The van der Waals surface area contributed by atoms with Gasteiger partial charge in [-0.1, -0.05) is 5.21 Å². The van der Waals surface area contributed by atoms with E-state index in [1.807, 2.05) is 4.68 Å². The van der Waals surface area contributed by atoms with Gasteiger partial charge in [0.15, 0.2) is 0 Å². The van der Waals surface area contributed by atoms with Gasteiger partial charge in [-0.2, -0.15) is 0 Å². The molecule has 5 heteroatoms. The minimum atomic E-state index is 0.114. The Morgan fingerprint density at radius 2 is 2.12 bits per heavy atom. The van der Waals surface area contributed by atoms with Crippen molar-refractivity contribution in [3.05, 3.63) is 11.9 Å². The first-order valence-corrected chi connectivity index (χ1v) is 6.28. The van der Waals surface area contributed by atoms with Crippen LogP contribution in [0.1, 0.15) is 45.3 Å². The average Bonchev–Trinajstić information content (AvgIpc) is 2.75. The second-order valence-electron chi connectivity index (χ2n) is 5.64. The smallest absolute Gasteiger partial charge is 0.0965 e. The van der Waals surface area contributed by atoms with Crippen LogP contribution in [0.5, 0.6) is 0 Å². The van der Waals surface area contributed by atoms with Crippen molar-refractivity contribution in [2.45, 2.75) is 51.7 Å². The quantitative estimate of drug-likeness (QED) is 0.867. The molecule has 0 aromatic carbocycles. The molecule has 2 heterocycles. The van der Waals surface area contributed by atoms with E-state index in [0.29, 0.717) is 6.04 Å². The first kappa shape index (κ1) is 12.5. The average molecular weight is 238 g/mol. The molecule has 1 aromatic heterocycles. The summed E-state index contributed by atoms with van der Waals surface area (Å²) >= 11 is 0. The molecule has 0 amide bonds. The van der Waals surface area contributed by atoms with E-state index in [1.165, 1.54) is 0 Å². The zero-order valence-corrected chi connectivity index (χ0v) is 10.9. The van der Waals surface area contributed by atoms with Crippen LogP contribution in [0.25, 0.3) is 0 Å². The molecule has 96 valence electrons. The Hall–Kier alpha value is -0.940. The van der Waals surface area contributed by atoms with Gasteiger partial charge >= 0.3 is 0 Å². The molecular weight excluding hydrogens is 216 g/mol. The molecule has 0 atom stereocenters. The van der Waals surface area contributed by atoms with Gasteiger partial charge in [-0.15, -0.1) is 5.10 Å². The standard InChI is InChI=1S/C12H22N4O/c1-12(2,3)13-8-10-9-16(15-14-10)11-4-6-17-7-5-11/h9,11,13H,4-8H2,1-3H3. The first-order valence-electron chi connectivity index (χ1n) is 6.28. The van der Waals surface area contributed by atoms with E-state index in [4.69, 9.17) is 4.74 Å². The number of nitrogens with one attached hydrogen (secondary N) is 1. The lowest BCUT2D eigenvalue weighted by atomic mass is 10.1. The molecule has 5 nitrogen and oxygen atoms in total. The molecule has 0 bridgehead atoms. The minimum Gasteiger partial charge on any atom is -0.381 e. The van der Waals surface area contributed by atoms with Crippen LogP contribution in [0.2, 0.25) is 0 Å². The molecule has 17 heavy (non-hydrogen) atoms. The molecule has 1 fully saturated rings. The Kier molecular flexibility index (Phi) is 3.79. The van der Waals surface area contributed by atoms with Gasteiger partial charge in [0.2, 0.25) is 0 Å². The van der Waals surface area contributed by atoms with Crippen molar-refractivity contribution in [2.24, 2.45) is 0 Å². The predicted molar refractivity (Wildman–Crippen MR) is 65.7 cm³/mol. The lowest BCUT2D eigenvalue weighted by Crippen LogP contribution is -2.35. The van der Waals surface area contributed by atoms with Gasteiger partial charge in [0.25, 0.3) is 0 Å². The Labute approximate surface area is 103 Å². The molecule has 1 saturated heterocycles. The van der Waals surface area contributed by atoms with E-state index in [1.54, 1.807) is 0 Å². The summed E-state index contributed by atoms with van der Waals surface area (Å²) in [6, 6.07) is 0.458. The lowest BCUT2D eigenvalue weighted by Gasteiger charge is -2.21. The highest BCUT2D eigenvalue weighted by molar-refractivity contribution is 4.94. The topological polar surface area (TPSA) is 52.0 Å². The normalized spacial score (nSPS) is 18.5. The highest BCUT2D eigenvalue weighted by Crippen LogP contribution is 2.19. The van der Waals surface area contributed by atoms with E-state index in [-0.39, 0.29) is 5.54 Å². The number of ether oxygens (including phenoxy) is 1. The predicted octanol–water partition coefficient (Wildman–Crippen LogP) is 1.52. The monoisotopic (exact) mass is 238 g/mol. The Morgan fingerprint density at radius 3 is 2.76 bits per heavy atom. The number of aromatic nitrogens is 3. The molecule has 0 aliphatic carbocycles. The van der Waals surface area contributed by atoms with Crippen LogP contribution in [0, 0.1) is 0 Å². The number of nitrogens with zero attached hydrogens (tertiary/aromatic N) is 3. The van der Waals surface area contributed by atoms with Crippen LogP contribution < -0.4 is 5.32 Å². The summed E-state index contributed by atoms with van der Waals surface area (Å²) in [5.74, 6) is 0. The molecular formula is C12H22N4O. The van der Waals surface area contributed by atoms with Crippen molar-refractivity contribution in [1.82, 2.24) is 20.3 Å². The van der Waals surface area contributed by atoms with Gasteiger partial charge in [-0.25, -0.2) is 4.68 Å². The molecule has 1 N–H and O–H groups in total. The molecule has 1 aliphatic rings. The van der Waals surface area contributed by atoms with Crippen LogP contribution in [0.15, 0.2) is 6.20 Å². The summed E-state index contributed by atoms with van der Waals surface area (Å²) in [6.45, 7) is 8.88. The molecule has 0 unspecified atom stereocenters. The van der Waals surface area contributed by atoms with E-state index < -0.39 is 0 Å². The van der Waals surface area contributed by atoms with Crippen molar-refractivity contribution in [1.29, 1.82) is 0 Å². The number of rotatable bonds is 3. The third kappa shape index (κ3) is 3.78. The number of hydrogen-bond donors (Lipinski definition) is 1. The van der Waals surface area contributed by atoms with Gasteiger partial charge in [0, 0.05) is 25.3 Å². The SMILES string of the molecule is CC(C)(C)NCc1cn(C2CCOCC2)nn1. The third-order valence-electron chi connectivity index (χ3n) is 2.92. The van der Waals surface area contributed by atoms with Crippen molar-refractivity contribution >= 4 is 0 Å². The van der Waals surface area contributed by atoms with Crippen molar-refractivity contribution < 1.29 is 4.74 Å². The molecule has 0 radical (unpaired) electrons. The fraction of sp³-hybridized carbons (Fsp3) is 0.833. The summed E-state index contributed by atoms with van der Waals surface area (Å²) in [6.07, 6.45) is 4.12. The minimum absolute atomic E-state index is 0.114. The molecule has 0 spiro atoms. The second-order valence-corrected chi connectivity index (χ2v) is 5.64. The van der Waals surface area contributed by atoms with Gasteiger partial charge in [0.05, 0.1) is 17.9 Å². The van der Waals surface area contributed by atoms with Crippen LogP contribution in [-0.4, -0.2) is 33.7 Å². The third-order valence-corrected chi connectivity index (χ3v) is 2.92. The maximum absolute atomic E-state index is 5.35. The second kappa shape index (κ2) is 5.14. The van der Waals surface area contributed by atoms with Gasteiger partial charge in [-0.3, -0.25) is 0 Å². The van der Waals surface area contributed by atoms with E-state index in [0.717, 1.165) is 38.3 Å². The lowest BCUT2D eigenvalue weighted by molar-refractivity contribution is 0.0657. The van der Waals surface area contributed by atoms with Gasteiger partial charge in [-0.05, 0) is 33.6 Å². The van der Waals surface area contributed by atoms with Crippen molar-refractivity contribution in [3.8, 4) is 0 Å². The zero-order valence-electron chi connectivity index (χ0n) is 10.9. The number of hydrogen-bond acceptors (Lipinski definition) is 4. The molecule has 0 saturated carbocycles. The summed E-state index contributed by atoms with van der Waals surface area (Å²) in [5.41, 5.74) is 1.12. The van der Waals surface area contributed by atoms with Crippen LogP contribution in [0.4, 0.5) is 0 Å². The first-order chi connectivity index (χ1) is 8.04. The van der Waals surface area contributed by atoms with Crippen molar-refractivity contribution in [2.75, 3.05) is 13.2 Å². The van der Waals surface area contributed by atoms with E-state index >= 15 is 0 Å². The largest absolute Gasteiger partial charge is 0.381 e. The summed E-state index contributed by atoms with van der Waals surface area (Å²) < 4.78 is 7.33. The molecule has 1 aliphatic heterocycles.